The number of rotatable bonds is 6. The normalized spacial score (nSPS) is 24.0. The van der Waals surface area contributed by atoms with Crippen LogP contribution in [0.4, 0.5) is 0 Å². The van der Waals surface area contributed by atoms with Crippen LogP contribution in [0.2, 0.25) is 0 Å². The van der Waals surface area contributed by atoms with Gasteiger partial charge in [0, 0.05) is 35.4 Å². The molecular formula is C15H24N2S. The van der Waals surface area contributed by atoms with E-state index in [0.717, 1.165) is 18.5 Å². The Hall–Kier alpha value is -0.380. The SMILES string of the molecule is Cc1ccc(CN(CC2CC2)CC2CCCN2)s1. The van der Waals surface area contributed by atoms with Crippen molar-refractivity contribution in [2.24, 2.45) is 5.92 Å². The fourth-order valence-corrected chi connectivity index (χ4v) is 3.82. The van der Waals surface area contributed by atoms with E-state index in [4.69, 9.17) is 0 Å². The zero-order valence-electron chi connectivity index (χ0n) is 11.3. The third-order valence-electron chi connectivity index (χ3n) is 4.03. The Morgan fingerprint density at radius 3 is 2.78 bits per heavy atom. The Bertz CT molecular complexity index is 378. The minimum atomic E-state index is 0.741. The van der Waals surface area contributed by atoms with Gasteiger partial charge in [-0.15, -0.1) is 11.3 Å². The molecule has 2 nitrogen and oxygen atoms in total. The summed E-state index contributed by atoms with van der Waals surface area (Å²) >= 11 is 1.96. The molecule has 1 aromatic heterocycles. The van der Waals surface area contributed by atoms with Crippen LogP contribution in [0.3, 0.4) is 0 Å². The van der Waals surface area contributed by atoms with E-state index in [1.165, 1.54) is 55.1 Å². The summed E-state index contributed by atoms with van der Waals surface area (Å²) in [6.07, 6.45) is 5.64. The van der Waals surface area contributed by atoms with Gasteiger partial charge >= 0.3 is 0 Å². The van der Waals surface area contributed by atoms with Gasteiger partial charge in [-0.05, 0) is 57.2 Å². The number of nitrogens with zero attached hydrogens (tertiary/aromatic N) is 1. The van der Waals surface area contributed by atoms with E-state index >= 15 is 0 Å². The molecule has 0 amide bonds. The van der Waals surface area contributed by atoms with Gasteiger partial charge in [0.05, 0.1) is 0 Å². The summed E-state index contributed by atoms with van der Waals surface area (Å²) in [6, 6.07) is 5.30. The van der Waals surface area contributed by atoms with Gasteiger partial charge in [0.15, 0.2) is 0 Å². The van der Waals surface area contributed by atoms with Crippen LogP contribution < -0.4 is 5.32 Å². The highest BCUT2D eigenvalue weighted by Crippen LogP contribution is 2.31. The lowest BCUT2D eigenvalue weighted by atomic mass is 10.2. The van der Waals surface area contributed by atoms with E-state index < -0.39 is 0 Å². The summed E-state index contributed by atoms with van der Waals surface area (Å²) in [7, 11) is 0. The lowest BCUT2D eigenvalue weighted by Crippen LogP contribution is -2.38. The monoisotopic (exact) mass is 264 g/mol. The van der Waals surface area contributed by atoms with Gasteiger partial charge in [-0.3, -0.25) is 4.90 Å². The van der Waals surface area contributed by atoms with E-state index in [0.29, 0.717) is 0 Å². The molecular weight excluding hydrogens is 240 g/mol. The summed E-state index contributed by atoms with van der Waals surface area (Å²) in [5.41, 5.74) is 0. The van der Waals surface area contributed by atoms with E-state index in [1.54, 1.807) is 0 Å². The standard InChI is InChI=1S/C15H24N2S/c1-12-4-7-15(18-12)11-17(9-13-5-6-13)10-14-3-2-8-16-14/h4,7,13-14,16H,2-3,5-6,8-11H2,1H3. The first-order chi connectivity index (χ1) is 8.79. The molecule has 0 radical (unpaired) electrons. The van der Waals surface area contributed by atoms with Crippen molar-refractivity contribution in [1.82, 2.24) is 10.2 Å². The molecule has 0 spiro atoms. The van der Waals surface area contributed by atoms with E-state index in [1.807, 2.05) is 11.3 Å². The first-order valence-electron chi connectivity index (χ1n) is 7.30. The quantitative estimate of drug-likeness (QED) is 0.849. The Morgan fingerprint density at radius 2 is 2.17 bits per heavy atom. The van der Waals surface area contributed by atoms with Crippen molar-refractivity contribution >= 4 is 11.3 Å². The van der Waals surface area contributed by atoms with E-state index in [-0.39, 0.29) is 0 Å². The minimum absolute atomic E-state index is 0.741. The fourth-order valence-electron chi connectivity index (χ4n) is 2.88. The fraction of sp³-hybridized carbons (Fsp3) is 0.733. The average Bonchev–Trinajstić information content (AvgIpc) is 2.84. The molecule has 2 heterocycles. The number of aryl methyl sites for hydroxylation is 1. The molecule has 1 N–H and O–H groups in total. The molecule has 1 saturated heterocycles. The van der Waals surface area contributed by atoms with Crippen LogP contribution in [0, 0.1) is 12.8 Å². The lowest BCUT2D eigenvalue weighted by Gasteiger charge is -2.25. The second kappa shape index (κ2) is 5.72. The Balaban J connectivity index is 1.57. The lowest BCUT2D eigenvalue weighted by molar-refractivity contribution is 0.233. The third kappa shape index (κ3) is 3.56. The number of hydrogen-bond donors (Lipinski definition) is 1. The Morgan fingerprint density at radius 1 is 1.28 bits per heavy atom. The maximum absolute atomic E-state index is 3.63. The van der Waals surface area contributed by atoms with Crippen molar-refractivity contribution in [3.05, 3.63) is 21.9 Å². The van der Waals surface area contributed by atoms with Gasteiger partial charge in [0.2, 0.25) is 0 Å². The molecule has 1 saturated carbocycles. The molecule has 1 atom stereocenters. The first-order valence-corrected chi connectivity index (χ1v) is 8.12. The van der Waals surface area contributed by atoms with Crippen LogP contribution in [0.5, 0.6) is 0 Å². The maximum atomic E-state index is 3.63. The van der Waals surface area contributed by atoms with Gasteiger partial charge in [-0.25, -0.2) is 0 Å². The number of hydrogen-bond acceptors (Lipinski definition) is 3. The Kier molecular flexibility index (Phi) is 4.02. The van der Waals surface area contributed by atoms with Crippen LogP contribution in [0.15, 0.2) is 12.1 Å². The third-order valence-corrected chi connectivity index (χ3v) is 5.02. The topological polar surface area (TPSA) is 15.3 Å². The summed E-state index contributed by atoms with van der Waals surface area (Å²) in [6.45, 7) is 7.15. The summed E-state index contributed by atoms with van der Waals surface area (Å²) in [5.74, 6) is 0.993. The molecule has 1 unspecified atom stereocenters. The second-order valence-corrected chi connectivity index (χ2v) is 7.32. The van der Waals surface area contributed by atoms with Crippen LogP contribution >= 0.6 is 11.3 Å². The van der Waals surface area contributed by atoms with Gasteiger partial charge in [-0.2, -0.15) is 0 Å². The molecule has 1 aliphatic carbocycles. The molecule has 2 fully saturated rings. The highest BCUT2D eigenvalue weighted by molar-refractivity contribution is 7.11. The van der Waals surface area contributed by atoms with Gasteiger partial charge < -0.3 is 5.32 Å². The van der Waals surface area contributed by atoms with Gasteiger partial charge in [0.1, 0.15) is 0 Å². The van der Waals surface area contributed by atoms with E-state index in [2.05, 4.69) is 29.3 Å². The van der Waals surface area contributed by atoms with E-state index in [9.17, 15) is 0 Å². The first kappa shape index (κ1) is 12.6. The molecule has 18 heavy (non-hydrogen) atoms. The highest BCUT2D eigenvalue weighted by atomic mass is 32.1. The maximum Gasteiger partial charge on any atom is 0.0328 e. The Labute approximate surface area is 114 Å². The number of nitrogens with one attached hydrogen (secondary N) is 1. The van der Waals surface area contributed by atoms with Crippen molar-refractivity contribution in [1.29, 1.82) is 0 Å². The zero-order valence-corrected chi connectivity index (χ0v) is 12.1. The number of thiophene rings is 1. The highest BCUT2D eigenvalue weighted by Gasteiger charge is 2.26. The summed E-state index contributed by atoms with van der Waals surface area (Å²) < 4.78 is 0. The van der Waals surface area contributed by atoms with Crippen molar-refractivity contribution in [2.45, 2.75) is 45.2 Å². The molecule has 0 bridgehead atoms. The van der Waals surface area contributed by atoms with Crippen LogP contribution in [-0.2, 0) is 6.54 Å². The summed E-state index contributed by atoms with van der Waals surface area (Å²) in [5, 5.41) is 3.63. The van der Waals surface area contributed by atoms with Crippen LogP contribution in [0.25, 0.3) is 0 Å². The second-order valence-electron chi connectivity index (χ2n) is 5.94. The zero-order chi connectivity index (χ0) is 12.4. The molecule has 3 heteroatoms. The average molecular weight is 264 g/mol. The van der Waals surface area contributed by atoms with Gasteiger partial charge in [0.25, 0.3) is 0 Å². The van der Waals surface area contributed by atoms with Crippen LogP contribution in [0.1, 0.15) is 35.4 Å². The van der Waals surface area contributed by atoms with Crippen molar-refractivity contribution in [2.75, 3.05) is 19.6 Å². The van der Waals surface area contributed by atoms with Crippen molar-refractivity contribution in [3.8, 4) is 0 Å². The molecule has 3 rings (SSSR count). The van der Waals surface area contributed by atoms with Gasteiger partial charge in [-0.1, -0.05) is 0 Å². The minimum Gasteiger partial charge on any atom is -0.313 e. The predicted octanol–water partition coefficient (Wildman–Crippen LogP) is 3.02. The molecule has 1 aromatic rings. The van der Waals surface area contributed by atoms with Crippen molar-refractivity contribution < 1.29 is 0 Å². The predicted molar refractivity (Wildman–Crippen MR) is 78.1 cm³/mol. The largest absolute Gasteiger partial charge is 0.313 e. The van der Waals surface area contributed by atoms with Crippen LogP contribution in [-0.4, -0.2) is 30.6 Å². The molecule has 100 valence electrons. The smallest absolute Gasteiger partial charge is 0.0328 e. The van der Waals surface area contributed by atoms with Crippen molar-refractivity contribution in [3.63, 3.8) is 0 Å². The molecule has 2 aliphatic rings. The summed E-state index contributed by atoms with van der Waals surface area (Å²) in [4.78, 5) is 5.66. The molecule has 0 aromatic carbocycles. The molecule has 1 aliphatic heterocycles.